The Balaban J connectivity index is 1.71. The molecule has 0 atom stereocenters. The van der Waals surface area contributed by atoms with Crippen LogP contribution in [0.2, 0.25) is 0 Å². The molecule has 25 heavy (non-hydrogen) atoms. The number of aromatic nitrogens is 2. The Morgan fingerprint density at radius 3 is 2.88 bits per heavy atom. The van der Waals surface area contributed by atoms with Crippen molar-refractivity contribution in [3.8, 4) is 0 Å². The summed E-state index contributed by atoms with van der Waals surface area (Å²) in [6.45, 7) is 4.74. The predicted octanol–water partition coefficient (Wildman–Crippen LogP) is 1.98. The Kier molecular flexibility index (Phi) is 5.14. The van der Waals surface area contributed by atoms with E-state index < -0.39 is 4.92 Å². The first kappa shape index (κ1) is 16.8. The highest BCUT2D eigenvalue weighted by atomic mass is 16.6. The average Bonchev–Trinajstić information content (AvgIpc) is 2.62. The highest BCUT2D eigenvalue weighted by molar-refractivity contribution is 5.81. The fourth-order valence-electron chi connectivity index (χ4n) is 2.46. The van der Waals surface area contributed by atoms with Gasteiger partial charge < -0.3 is 9.64 Å². The maximum atomic E-state index is 10.8. The number of non-ortho nitro benzene ring substituents is 1. The zero-order valence-electron chi connectivity index (χ0n) is 13.8. The summed E-state index contributed by atoms with van der Waals surface area (Å²) in [7, 11) is 0. The SMILES string of the molecule is Cc1nc(N/N=C/c2cccc([N+](=O)[O-])c2)cc(N2CCOCC2)n1. The van der Waals surface area contributed by atoms with E-state index in [4.69, 9.17) is 4.74 Å². The van der Waals surface area contributed by atoms with Crippen LogP contribution in [0.4, 0.5) is 17.3 Å². The van der Waals surface area contributed by atoms with E-state index in [1.54, 1.807) is 12.1 Å². The second kappa shape index (κ2) is 7.67. The summed E-state index contributed by atoms with van der Waals surface area (Å²) in [4.78, 5) is 21.2. The van der Waals surface area contributed by atoms with Gasteiger partial charge in [0.1, 0.15) is 11.6 Å². The van der Waals surface area contributed by atoms with Crippen LogP contribution in [0.3, 0.4) is 0 Å². The second-order valence-electron chi connectivity index (χ2n) is 5.48. The molecular weight excluding hydrogens is 324 g/mol. The third-order valence-corrected chi connectivity index (χ3v) is 3.63. The van der Waals surface area contributed by atoms with E-state index in [0.29, 0.717) is 30.4 Å². The summed E-state index contributed by atoms with van der Waals surface area (Å²) in [6, 6.07) is 8.07. The van der Waals surface area contributed by atoms with E-state index in [2.05, 4.69) is 25.4 Å². The predicted molar refractivity (Wildman–Crippen MR) is 94.1 cm³/mol. The first-order valence-electron chi connectivity index (χ1n) is 7.84. The van der Waals surface area contributed by atoms with Gasteiger partial charge in [0.2, 0.25) is 0 Å². The molecule has 0 aliphatic carbocycles. The molecule has 1 aromatic carbocycles. The van der Waals surface area contributed by atoms with Gasteiger partial charge in [0.05, 0.1) is 24.4 Å². The standard InChI is InChI=1S/C16H18N6O3/c1-12-18-15(10-16(19-12)21-5-7-25-8-6-21)20-17-11-13-3-2-4-14(9-13)22(23)24/h2-4,9-11H,5-8H2,1H3,(H,18,19,20)/b17-11+. The molecule has 1 aliphatic rings. The molecule has 0 unspecified atom stereocenters. The van der Waals surface area contributed by atoms with Gasteiger partial charge in [0.25, 0.3) is 5.69 Å². The van der Waals surface area contributed by atoms with Gasteiger partial charge in [0.15, 0.2) is 5.82 Å². The fourth-order valence-corrected chi connectivity index (χ4v) is 2.46. The molecule has 9 nitrogen and oxygen atoms in total. The number of nitro benzene ring substituents is 1. The molecule has 1 fully saturated rings. The van der Waals surface area contributed by atoms with E-state index in [0.717, 1.165) is 18.9 Å². The van der Waals surface area contributed by atoms with Gasteiger partial charge in [-0.3, -0.25) is 15.5 Å². The number of hydrogen-bond donors (Lipinski definition) is 1. The van der Waals surface area contributed by atoms with Crippen LogP contribution in [0.15, 0.2) is 35.4 Å². The van der Waals surface area contributed by atoms with Gasteiger partial charge in [-0.25, -0.2) is 9.97 Å². The molecule has 130 valence electrons. The van der Waals surface area contributed by atoms with Gasteiger partial charge in [-0.05, 0) is 6.92 Å². The van der Waals surface area contributed by atoms with Crippen molar-refractivity contribution in [2.24, 2.45) is 5.10 Å². The minimum atomic E-state index is -0.437. The van der Waals surface area contributed by atoms with Crippen LogP contribution in [0, 0.1) is 17.0 Å². The summed E-state index contributed by atoms with van der Waals surface area (Å²) < 4.78 is 5.35. The Morgan fingerprint density at radius 1 is 1.32 bits per heavy atom. The summed E-state index contributed by atoms with van der Waals surface area (Å²) in [5, 5.41) is 14.9. The molecule has 9 heteroatoms. The second-order valence-corrected chi connectivity index (χ2v) is 5.48. The van der Waals surface area contributed by atoms with Crippen LogP contribution in [0.25, 0.3) is 0 Å². The number of aryl methyl sites for hydroxylation is 1. The number of rotatable bonds is 5. The van der Waals surface area contributed by atoms with Crippen molar-refractivity contribution >= 4 is 23.5 Å². The zero-order valence-corrected chi connectivity index (χ0v) is 13.8. The molecule has 0 bridgehead atoms. The number of anilines is 2. The molecule has 0 saturated carbocycles. The van der Waals surface area contributed by atoms with Crippen molar-refractivity contribution < 1.29 is 9.66 Å². The number of nitrogens with one attached hydrogen (secondary N) is 1. The summed E-state index contributed by atoms with van der Waals surface area (Å²) in [5.74, 6) is 2.02. The molecule has 1 aromatic heterocycles. The molecule has 0 spiro atoms. The first-order valence-corrected chi connectivity index (χ1v) is 7.84. The number of hydrogen-bond acceptors (Lipinski definition) is 8. The number of morpholine rings is 1. The maximum Gasteiger partial charge on any atom is 0.270 e. The number of ether oxygens (including phenoxy) is 1. The lowest BCUT2D eigenvalue weighted by atomic mass is 10.2. The fraction of sp³-hybridized carbons (Fsp3) is 0.312. The van der Waals surface area contributed by atoms with Crippen LogP contribution in [0.5, 0.6) is 0 Å². The van der Waals surface area contributed by atoms with Crippen LogP contribution >= 0.6 is 0 Å². The minimum Gasteiger partial charge on any atom is -0.378 e. The molecule has 1 saturated heterocycles. The molecular formula is C16H18N6O3. The van der Waals surface area contributed by atoms with Crippen LogP contribution < -0.4 is 10.3 Å². The van der Waals surface area contributed by atoms with Gasteiger partial charge in [-0.2, -0.15) is 5.10 Å². The van der Waals surface area contributed by atoms with Crippen molar-refractivity contribution in [3.05, 3.63) is 51.8 Å². The Morgan fingerprint density at radius 2 is 2.12 bits per heavy atom. The molecule has 2 aromatic rings. The Hall–Kier alpha value is -3.07. The van der Waals surface area contributed by atoms with Gasteiger partial charge in [-0.15, -0.1) is 0 Å². The molecule has 1 aliphatic heterocycles. The lowest BCUT2D eigenvalue weighted by Gasteiger charge is -2.28. The Bertz CT molecular complexity index is 789. The molecule has 1 N–H and O–H groups in total. The summed E-state index contributed by atoms with van der Waals surface area (Å²) >= 11 is 0. The highest BCUT2D eigenvalue weighted by Gasteiger charge is 2.14. The van der Waals surface area contributed by atoms with Crippen molar-refractivity contribution in [2.45, 2.75) is 6.92 Å². The van der Waals surface area contributed by atoms with Crippen molar-refractivity contribution in [2.75, 3.05) is 36.6 Å². The normalized spacial score (nSPS) is 14.7. The zero-order chi connectivity index (χ0) is 17.6. The van der Waals surface area contributed by atoms with Crippen LogP contribution in [0.1, 0.15) is 11.4 Å². The quantitative estimate of drug-likeness (QED) is 0.503. The van der Waals surface area contributed by atoms with Gasteiger partial charge in [-0.1, -0.05) is 12.1 Å². The third-order valence-electron chi connectivity index (χ3n) is 3.63. The monoisotopic (exact) mass is 342 g/mol. The summed E-state index contributed by atoms with van der Waals surface area (Å²) in [6.07, 6.45) is 1.51. The largest absolute Gasteiger partial charge is 0.378 e. The van der Waals surface area contributed by atoms with Crippen molar-refractivity contribution in [1.29, 1.82) is 0 Å². The molecule has 3 rings (SSSR count). The number of nitrogens with zero attached hydrogens (tertiary/aromatic N) is 5. The number of benzene rings is 1. The molecule has 0 amide bonds. The maximum absolute atomic E-state index is 10.8. The highest BCUT2D eigenvalue weighted by Crippen LogP contribution is 2.17. The third kappa shape index (κ3) is 4.48. The van der Waals surface area contributed by atoms with E-state index >= 15 is 0 Å². The summed E-state index contributed by atoms with van der Waals surface area (Å²) in [5.41, 5.74) is 3.50. The number of hydrazone groups is 1. The van der Waals surface area contributed by atoms with E-state index in [1.807, 2.05) is 13.0 Å². The lowest BCUT2D eigenvalue weighted by molar-refractivity contribution is -0.384. The van der Waals surface area contributed by atoms with Gasteiger partial charge >= 0.3 is 0 Å². The molecule has 2 heterocycles. The van der Waals surface area contributed by atoms with Crippen LogP contribution in [-0.2, 0) is 4.74 Å². The molecule has 0 radical (unpaired) electrons. The first-order chi connectivity index (χ1) is 12.1. The lowest BCUT2D eigenvalue weighted by Crippen LogP contribution is -2.36. The smallest absolute Gasteiger partial charge is 0.270 e. The van der Waals surface area contributed by atoms with Gasteiger partial charge in [0, 0.05) is 36.9 Å². The minimum absolute atomic E-state index is 0.0245. The van der Waals surface area contributed by atoms with Crippen molar-refractivity contribution in [1.82, 2.24) is 9.97 Å². The average molecular weight is 342 g/mol. The Labute approximate surface area is 144 Å². The topological polar surface area (TPSA) is 106 Å². The van der Waals surface area contributed by atoms with E-state index in [-0.39, 0.29) is 5.69 Å². The van der Waals surface area contributed by atoms with Crippen molar-refractivity contribution in [3.63, 3.8) is 0 Å². The van der Waals surface area contributed by atoms with Crippen LogP contribution in [-0.4, -0.2) is 47.4 Å². The number of nitro groups is 1. The van der Waals surface area contributed by atoms with E-state index in [1.165, 1.54) is 18.3 Å². The van der Waals surface area contributed by atoms with E-state index in [9.17, 15) is 10.1 Å².